The average Bonchev–Trinajstić information content (AvgIpc) is 3.05. The van der Waals surface area contributed by atoms with Crippen molar-refractivity contribution in [2.45, 2.75) is 37.4 Å². The number of carbonyl (C=O) groups is 1. The van der Waals surface area contributed by atoms with Crippen LogP contribution in [0.5, 0.6) is 6.01 Å². The second-order valence-electron chi connectivity index (χ2n) is 7.34. The van der Waals surface area contributed by atoms with Crippen LogP contribution in [0.2, 0.25) is 0 Å². The van der Waals surface area contributed by atoms with Crippen molar-refractivity contribution >= 4 is 16.9 Å². The number of rotatable bonds is 3. The third-order valence-corrected chi connectivity index (χ3v) is 5.70. The summed E-state index contributed by atoms with van der Waals surface area (Å²) in [5.74, 6) is -0.725. The van der Waals surface area contributed by atoms with Crippen molar-refractivity contribution in [3.63, 3.8) is 0 Å². The minimum atomic E-state index is -1.74. The molecule has 1 aromatic heterocycles. The molecule has 2 aliphatic heterocycles. The highest BCUT2D eigenvalue weighted by atomic mass is 19.1. The Hall–Kier alpha value is -2.22. The van der Waals surface area contributed by atoms with Gasteiger partial charge in [0.05, 0.1) is 18.1 Å². The molecule has 4 rings (SSSR count). The quantitative estimate of drug-likeness (QED) is 0.891. The van der Waals surface area contributed by atoms with Crippen molar-refractivity contribution in [3.8, 4) is 6.01 Å². The maximum Gasteiger partial charge on any atom is 0.297 e. The molecule has 2 saturated heterocycles. The minimum Gasteiger partial charge on any atom is -0.468 e. The van der Waals surface area contributed by atoms with Gasteiger partial charge in [-0.05, 0) is 38.1 Å². The topological polar surface area (TPSA) is 59.4 Å². The zero-order valence-electron chi connectivity index (χ0n) is 15.4. The molecule has 146 valence electrons. The van der Waals surface area contributed by atoms with Gasteiger partial charge in [0.1, 0.15) is 5.82 Å². The summed E-state index contributed by atoms with van der Waals surface area (Å²) in [6.07, 6.45) is 1.83. The van der Waals surface area contributed by atoms with E-state index in [0.29, 0.717) is 50.5 Å². The Morgan fingerprint density at radius 2 is 2.00 bits per heavy atom. The monoisotopic (exact) mass is 378 g/mol. The number of benzene rings is 1. The molecule has 0 atom stereocenters. The van der Waals surface area contributed by atoms with Gasteiger partial charge in [0.25, 0.3) is 11.9 Å². The number of alkyl halides is 1. The summed E-state index contributed by atoms with van der Waals surface area (Å²) >= 11 is 0. The fourth-order valence-corrected chi connectivity index (χ4v) is 4.19. The predicted molar refractivity (Wildman–Crippen MR) is 97.0 cm³/mol. The Labute approximate surface area is 156 Å². The van der Waals surface area contributed by atoms with Crippen molar-refractivity contribution in [1.29, 1.82) is 0 Å². The second-order valence-corrected chi connectivity index (χ2v) is 7.34. The molecular weight excluding hydrogens is 354 g/mol. The third-order valence-electron chi connectivity index (χ3n) is 5.70. The Bertz CT molecular complexity index is 840. The van der Waals surface area contributed by atoms with Crippen molar-refractivity contribution < 1.29 is 18.3 Å². The zero-order valence-corrected chi connectivity index (χ0v) is 15.4. The summed E-state index contributed by atoms with van der Waals surface area (Å²) in [6, 6.07) is 4.99. The molecule has 2 aromatic rings. The fraction of sp³-hybridized carbons (Fsp3) is 0.579. The molecule has 6 nitrogen and oxygen atoms in total. The van der Waals surface area contributed by atoms with E-state index < -0.39 is 5.67 Å². The first-order valence-corrected chi connectivity index (χ1v) is 9.42. The fourth-order valence-electron chi connectivity index (χ4n) is 4.19. The molecule has 1 amide bonds. The molecule has 2 aliphatic rings. The Kier molecular flexibility index (Phi) is 4.75. The van der Waals surface area contributed by atoms with E-state index in [2.05, 4.69) is 10.3 Å². The number of fused-ring (bicyclic) bond motifs is 1. The largest absolute Gasteiger partial charge is 0.468 e. The first kappa shape index (κ1) is 18.2. The number of likely N-dealkylation sites (tertiary alicyclic amines) is 1. The highest BCUT2D eigenvalue weighted by Crippen LogP contribution is 2.34. The van der Waals surface area contributed by atoms with Gasteiger partial charge in [0.15, 0.2) is 5.67 Å². The number of halogens is 2. The van der Waals surface area contributed by atoms with Gasteiger partial charge >= 0.3 is 0 Å². The van der Waals surface area contributed by atoms with Gasteiger partial charge < -0.3 is 15.0 Å². The normalized spacial score (nSPS) is 20.8. The lowest BCUT2D eigenvalue weighted by Crippen LogP contribution is -2.53. The van der Waals surface area contributed by atoms with Crippen molar-refractivity contribution in [3.05, 3.63) is 24.0 Å². The number of nitrogens with one attached hydrogen (secondary N) is 1. The molecule has 0 radical (unpaired) electrons. The van der Waals surface area contributed by atoms with Gasteiger partial charge in [-0.25, -0.2) is 8.78 Å². The van der Waals surface area contributed by atoms with Crippen molar-refractivity contribution in [1.82, 2.24) is 19.8 Å². The summed E-state index contributed by atoms with van der Waals surface area (Å²) in [5.41, 5.74) is -0.393. The summed E-state index contributed by atoms with van der Waals surface area (Å²) in [7, 11) is 1.54. The van der Waals surface area contributed by atoms with E-state index in [-0.39, 0.29) is 30.6 Å². The van der Waals surface area contributed by atoms with Gasteiger partial charge in [0.2, 0.25) is 0 Å². The van der Waals surface area contributed by atoms with Gasteiger partial charge in [-0.1, -0.05) is 0 Å². The molecule has 8 heteroatoms. The molecule has 3 heterocycles. The lowest BCUT2D eigenvalue weighted by Gasteiger charge is -2.38. The standard InChI is InChI=1S/C19H24F2N4O2/c1-27-18-23-15-12-13(20)2-3-16(15)25(18)14-4-10-24(11-5-14)17(26)19(21)6-8-22-9-7-19/h2-3,12,14,22H,4-11H2,1H3. The van der Waals surface area contributed by atoms with Crippen LogP contribution in [-0.4, -0.2) is 59.3 Å². The molecule has 0 bridgehead atoms. The number of nitrogens with zero attached hydrogens (tertiary/aromatic N) is 3. The SMILES string of the molecule is COc1nc2cc(F)ccc2n1C1CCN(C(=O)C2(F)CCNCC2)CC1. The number of aromatic nitrogens is 2. The van der Waals surface area contributed by atoms with Crippen molar-refractivity contribution in [2.24, 2.45) is 0 Å². The van der Waals surface area contributed by atoms with Crippen LogP contribution in [0.4, 0.5) is 8.78 Å². The maximum absolute atomic E-state index is 15.0. The van der Waals surface area contributed by atoms with Crippen LogP contribution in [0.1, 0.15) is 31.7 Å². The minimum absolute atomic E-state index is 0.0723. The summed E-state index contributed by atoms with van der Waals surface area (Å²) in [4.78, 5) is 18.7. The number of hydrogen-bond donors (Lipinski definition) is 1. The van der Waals surface area contributed by atoms with Gasteiger partial charge in [0, 0.05) is 38.0 Å². The van der Waals surface area contributed by atoms with Crippen LogP contribution in [0.25, 0.3) is 11.0 Å². The van der Waals surface area contributed by atoms with Gasteiger partial charge in [-0.15, -0.1) is 0 Å². The van der Waals surface area contributed by atoms with Crippen LogP contribution in [0, 0.1) is 5.82 Å². The van der Waals surface area contributed by atoms with Crippen LogP contribution < -0.4 is 10.1 Å². The first-order valence-electron chi connectivity index (χ1n) is 9.42. The van der Waals surface area contributed by atoms with E-state index >= 15 is 0 Å². The number of imidazole rings is 1. The maximum atomic E-state index is 15.0. The zero-order chi connectivity index (χ0) is 19.0. The first-order chi connectivity index (χ1) is 13.0. The molecule has 2 fully saturated rings. The molecular formula is C19H24F2N4O2. The van der Waals surface area contributed by atoms with Crippen LogP contribution in [0.3, 0.4) is 0 Å². The number of ether oxygens (including phenoxy) is 1. The lowest BCUT2D eigenvalue weighted by atomic mass is 9.91. The van der Waals surface area contributed by atoms with Crippen LogP contribution >= 0.6 is 0 Å². The average molecular weight is 378 g/mol. The number of amides is 1. The summed E-state index contributed by atoms with van der Waals surface area (Å²) in [5, 5.41) is 3.10. The highest BCUT2D eigenvalue weighted by Gasteiger charge is 2.43. The molecule has 27 heavy (non-hydrogen) atoms. The summed E-state index contributed by atoms with van der Waals surface area (Å²) in [6.45, 7) is 2.06. The van der Waals surface area contributed by atoms with E-state index in [1.807, 2.05) is 4.57 Å². The number of methoxy groups -OCH3 is 1. The molecule has 1 aromatic carbocycles. The number of hydrogen-bond acceptors (Lipinski definition) is 4. The Balaban J connectivity index is 1.51. The van der Waals surface area contributed by atoms with E-state index in [1.165, 1.54) is 19.2 Å². The number of piperidine rings is 2. The third kappa shape index (κ3) is 3.26. The van der Waals surface area contributed by atoms with Crippen LogP contribution in [0.15, 0.2) is 18.2 Å². The predicted octanol–water partition coefficient (Wildman–Crippen LogP) is 2.44. The van der Waals surface area contributed by atoms with Gasteiger partial charge in [-0.2, -0.15) is 4.98 Å². The molecule has 0 saturated carbocycles. The van der Waals surface area contributed by atoms with E-state index in [0.717, 1.165) is 5.52 Å². The Morgan fingerprint density at radius 3 is 2.67 bits per heavy atom. The molecule has 0 spiro atoms. The lowest BCUT2D eigenvalue weighted by molar-refractivity contribution is -0.147. The number of carbonyl (C=O) groups excluding carboxylic acids is 1. The summed E-state index contributed by atoms with van der Waals surface area (Å²) < 4.78 is 35.8. The van der Waals surface area contributed by atoms with E-state index in [1.54, 1.807) is 11.0 Å². The second kappa shape index (κ2) is 7.07. The molecule has 0 unspecified atom stereocenters. The van der Waals surface area contributed by atoms with Gasteiger partial charge in [-0.3, -0.25) is 9.36 Å². The Morgan fingerprint density at radius 1 is 1.30 bits per heavy atom. The smallest absolute Gasteiger partial charge is 0.297 e. The van der Waals surface area contributed by atoms with E-state index in [4.69, 9.17) is 4.74 Å². The highest BCUT2D eigenvalue weighted by molar-refractivity contribution is 5.85. The van der Waals surface area contributed by atoms with E-state index in [9.17, 15) is 13.6 Å². The molecule has 1 N–H and O–H groups in total. The van der Waals surface area contributed by atoms with Crippen LogP contribution in [-0.2, 0) is 4.79 Å². The molecule has 0 aliphatic carbocycles. The van der Waals surface area contributed by atoms with Crippen molar-refractivity contribution in [2.75, 3.05) is 33.3 Å².